The number of benzene rings is 2. The van der Waals surface area contributed by atoms with Gasteiger partial charge in [-0.3, -0.25) is 4.79 Å². The molecule has 1 aromatic heterocycles. The fourth-order valence-electron chi connectivity index (χ4n) is 6.21. The fourth-order valence-corrected chi connectivity index (χ4v) is 6.21. The zero-order valence-electron chi connectivity index (χ0n) is 24.6. The highest BCUT2D eigenvalue weighted by atomic mass is 19.4. The van der Waals surface area contributed by atoms with Crippen LogP contribution in [0.25, 0.3) is 10.9 Å². The Morgan fingerprint density at radius 3 is 2.38 bits per heavy atom. The zero-order valence-corrected chi connectivity index (χ0v) is 24.6. The van der Waals surface area contributed by atoms with E-state index < -0.39 is 17.8 Å². The van der Waals surface area contributed by atoms with Gasteiger partial charge in [0.15, 0.2) is 0 Å². The Kier molecular flexibility index (Phi) is 8.50. The molecule has 2 aliphatic rings. The molecule has 2 aromatic carbocycles. The summed E-state index contributed by atoms with van der Waals surface area (Å²) in [6, 6.07) is 7.02. The largest absolute Gasteiger partial charge is 0.496 e. The molecule has 0 bridgehead atoms. The van der Waals surface area contributed by atoms with Crippen LogP contribution < -0.4 is 15.8 Å². The van der Waals surface area contributed by atoms with Crippen molar-refractivity contribution < 1.29 is 22.7 Å². The molecule has 3 aromatic rings. The molecule has 1 saturated carbocycles. The van der Waals surface area contributed by atoms with Crippen LogP contribution >= 0.6 is 0 Å². The van der Waals surface area contributed by atoms with Gasteiger partial charge in [0.2, 0.25) is 5.91 Å². The number of nitrogens with zero attached hydrogens (tertiary/aromatic N) is 4. The predicted octanol–water partition coefficient (Wildman–Crippen LogP) is 5.77. The third kappa shape index (κ3) is 6.40. The second kappa shape index (κ2) is 11.9. The molecule has 2 heterocycles. The first-order valence-electron chi connectivity index (χ1n) is 14.5. The zero-order chi connectivity index (χ0) is 30.2. The third-order valence-corrected chi connectivity index (χ3v) is 8.65. The number of ether oxygens (including phenoxy) is 1. The number of hydrogen-bond donors (Lipinski definition) is 2. The molecule has 11 heteroatoms. The SMILES string of the molecule is COc1cc2nc(C)nc(N[C@H](C)c3cc(N)cc(C(F)(F)F)c3)c2cc1[C@H]1CC[C@H](C(=O)N2CCN(C)CC2)CC1. The Morgan fingerprint density at radius 2 is 1.74 bits per heavy atom. The van der Waals surface area contributed by atoms with Crippen molar-refractivity contribution in [1.82, 2.24) is 19.8 Å². The number of likely N-dealkylation sites (N-methyl/N-ethyl adjacent to an activating group) is 1. The minimum absolute atomic E-state index is 0.0417. The van der Waals surface area contributed by atoms with Gasteiger partial charge in [-0.1, -0.05) is 0 Å². The van der Waals surface area contributed by atoms with Gasteiger partial charge in [0, 0.05) is 49.2 Å². The number of hydrogen-bond acceptors (Lipinski definition) is 7. The van der Waals surface area contributed by atoms with E-state index in [1.54, 1.807) is 27.0 Å². The Labute approximate surface area is 244 Å². The lowest BCUT2D eigenvalue weighted by Gasteiger charge is -2.37. The van der Waals surface area contributed by atoms with Crippen molar-refractivity contribution in [2.24, 2.45) is 5.92 Å². The van der Waals surface area contributed by atoms with E-state index in [-0.39, 0.29) is 23.4 Å². The van der Waals surface area contributed by atoms with Crippen molar-refractivity contribution in [2.75, 3.05) is 51.4 Å². The maximum atomic E-state index is 13.4. The van der Waals surface area contributed by atoms with Gasteiger partial charge < -0.3 is 25.6 Å². The number of aromatic nitrogens is 2. The number of nitrogens with one attached hydrogen (secondary N) is 1. The lowest BCUT2D eigenvalue weighted by molar-refractivity contribution is -0.138. The van der Waals surface area contributed by atoms with Crippen molar-refractivity contribution in [1.29, 1.82) is 0 Å². The average Bonchev–Trinajstić information content (AvgIpc) is 2.95. The number of anilines is 2. The standard InChI is InChI=1S/C31H39F3N6O2/c1-18(22-13-23(31(32,33)34)15-24(35)14-22)36-29-26-16-25(28(42-4)17-27(26)37-19(2)38-29)20-5-7-21(8-6-20)30(41)40-11-9-39(3)10-12-40/h13-18,20-21H,5-12,35H2,1-4H3,(H,36,37,38)/t18-,20-,21-/m1/s1. The van der Waals surface area contributed by atoms with Crippen LogP contribution in [0.5, 0.6) is 5.75 Å². The summed E-state index contributed by atoms with van der Waals surface area (Å²) in [4.78, 5) is 26.7. The molecule has 0 unspecified atom stereocenters. The van der Waals surface area contributed by atoms with E-state index in [9.17, 15) is 18.0 Å². The van der Waals surface area contributed by atoms with Gasteiger partial charge >= 0.3 is 6.18 Å². The third-order valence-electron chi connectivity index (χ3n) is 8.65. The molecule has 8 nitrogen and oxygen atoms in total. The molecule has 0 radical (unpaired) electrons. The number of fused-ring (bicyclic) bond motifs is 1. The van der Waals surface area contributed by atoms with E-state index in [0.29, 0.717) is 22.7 Å². The molecular weight excluding hydrogens is 545 g/mol. The lowest BCUT2D eigenvalue weighted by atomic mass is 9.77. The number of nitrogens with two attached hydrogens (primary N) is 1. The van der Waals surface area contributed by atoms with Gasteiger partial charge in [-0.25, -0.2) is 9.97 Å². The Bertz CT molecular complexity index is 1450. The molecule has 1 aliphatic carbocycles. The van der Waals surface area contributed by atoms with Crippen LogP contribution in [0.1, 0.15) is 67.1 Å². The molecule has 1 aliphatic heterocycles. The van der Waals surface area contributed by atoms with Crippen LogP contribution in [0.2, 0.25) is 0 Å². The lowest BCUT2D eigenvalue weighted by Crippen LogP contribution is -2.49. The molecule has 1 atom stereocenters. The number of alkyl halides is 3. The summed E-state index contributed by atoms with van der Waals surface area (Å²) in [5.41, 5.74) is 7.20. The van der Waals surface area contributed by atoms with E-state index in [1.165, 1.54) is 0 Å². The van der Waals surface area contributed by atoms with Crippen molar-refractivity contribution in [3.8, 4) is 5.75 Å². The van der Waals surface area contributed by atoms with Gasteiger partial charge in [0.1, 0.15) is 17.4 Å². The van der Waals surface area contributed by atoms with Gasteiger partial charge in [-0.2, -0.15) is 13.2 Å². The number of carbonyl (C=O) groups is 1. The Balaban J connectivity index is 1.39. The van der Waals surface area contributed by atoms with E-state index in [2.05, 4.69) is 27.2 Å². The summed E-state index contributed by atoms with van der Waals surface area (Å²) >= 11 is 0. The number of methoxy groups -OCH3 is 1. The van der Waals surface area contributed by atoms with Gasteiger partial charge in [0.25, 0.3) is 0 Å². The molecule has 42 heavy (non-hydrogen) atoms. The number of piperazine rings is 1. The first kappa shape index (κ1) is 29.9. The van der Waals surface area contributed by atoms with Gasteiger partial charge in [0.05, 0.1) is 24.2 Å². The van der Waals surface area contributed by atoms with Gasteiger partial charge in [-0.15, -0.1) is 0 Å². The first-order chi connectivity index (χ1) is 19.9. The minimum Gasteiger partial charge on any atom is -0.496 e. The Morgan fingerprint density at radius 1 is 1.05 bits per heavy atom. The number of rotatable bonds is 6. The van der Waals surface area contributed by atoms with Crippen molar-refractivity contribution in [3.05, 3.63) is 52.8 Å². The summed E-state index contributed by atoms with van der Waals surface area (Å²) in [5.74, 6) is 2.31. The number of halogens is 3. The Hall–Kier alpha value is -3.60. The summed E-state index contributed by atoms with van der Waals surface area (Å²) in [5, 5.41) is 4.07. The van der Waals surface area contributed by atoms with Crippen LogP contribution in [-0.2, 0) is 11.0 Å². The topological polar surface area (TPSA) is 96.6 Å². The molecule has 1 saturated heterocycles. The summed E-state index contributed by atoms with van der Waals surface area (Å²) in [7, 11) is 3.72. The smallest absolute Gasteiger partial charge is 0.416 e. The molecule has 3 N–H and O–H groups in total. The normalized spacial score (nSPS) is 20.9. The highest BCUT2D eigenvalue weighted by Gasteiger charge is 2.33. The van der Waals surface area contributed by atoms with Crippen LogP contribution in [-0.4, -0.2) is 66.0 Å². The van der Waals surface area contributed by atoms with Crippen LogP contribution in [0, 0.1) is 12.8 Å². The quantitative estimate of drug-likeness (QED) is 0.355. The maximum absolute atomic E-state index is 13.4. The van der Waals surface area contributed by atoms with Crippen molar-refractivity contribution >= 4 is 28.3 Å². The van der Waals surface area contributed by atoms with Gasteiger partial charge in [-0.05, 0) is 87.9 Å². The molecule has 5 rings (SSSR count). The van der Waals surface area contributed by atoms with Crippen molar-refractivity contribution in [2.45, 2.75) is 57.7 Å². The molecule has 226 valence electrons. The van der Waals surface area contributed by atoms with Crippen LogP contribution in [0.15, 0.2) is 30.3 Å². The fraction of sp³-hybridized carbons (Fsp3) is 0.516. The highest BCUT2D eigenvalue weighted by Crippen LogP contribution is 2.43. The van der Waals surface area contributed by atoms with Crippen LogP contribution in [0.4, 0.5) is 24.7 Å². The first-order valence-corrected chi connectivity index (χ1v) is 14.5. The second-order valence-corrected chi connectivity index (χ2v) is 11.7. The number of nitrogen functional groups attached to an aromatic ring is 1. The number of amides is 1. The number of aryl methyl sites for hydroxylation is 1. The van der Waals surface area contributed by atoms with E-state index in [0.717, 1.165) is 80.7 Å². The maximum Gasteiger partial charge on any atom is 0.416 e. The molecular formula is C31H39F3N6O2. The molecule has 1 amide bonds. The highest BCUT2D eigenvalue weighted by molar-refractivity contribution is 5.91. The summed E-state index contributed by atoms with van der Waals surface area (Å²) in [6.07, 6.45) is -1.13. The number of carbonyl (C=O) groups excluding carboxylic acids is 1. The summed E-state index contributed by atoms with van der Waals surface area (Å²) in [6.45, 7) is 6.95. The van der Waals surface area contributed by atoms with E-state index >= 15 is 0 Å². The second-order valence-electron chi connectivity index (χ2n) is 11.7. The predicted molar refractivity (Wildman–Crippen MR) is 157 cm³/mol. The van der Waals surface area contributed by atoms with Crippen LogP contribution in [0.3, 0.4) is 0 Å². The van der Waals surface area contributed by atoms with E-state index in [1.807, 2.05) is 17.0 Å². The monoisotopic (exact) mass is 584 g/mol. The minimum atomic E-state index is -4.50. The summed E-state index contributed by atoms with van der Waals surface area (Å²) < 4.78 is 46.1. The average molecular weight is 585 g/mol. The molecule has 2 fully saturated rings. The molecule has 0 spiro atoms. The van der Waals surface area contributed by atoms with Crippen molar-refractivity contribution in [3.63, 3.8) is 0 Å². The van der Waals surface area contributed by atoms with E-state index in [4.69, 9.17) is 10.5 Å².